The Balaban J connectivity index is 0.000000605. The van der Waals surface area contributed by atoms with E-state index >= 15 is 0 Å². The van der Waals surface area contributed by atoms with Gasteiger partial charge < -0.3 is 4.74 Å². The molecule has 1 heterocycles. The van der Waals surface area contributed by atoms with Crippen LogP contribution in [0.4, 0.5) is 0 Å². The lowest BCUT2D eigenvalue weighted by molar-refractivity contribution is -0.135. The van der Waals surface area contributed by atoms with Crippen LogP contribution in [-0.4, -0.2) is 13.2 Å². The topological polar surface area (TPSA) is 9.23 Å². The Morgan fingerprint density at radius 3 is 2.09 bits per heavy atom. The van der Waals surface area contributed by atoms with E-state index in [1.807, 2.05) is 0 Å². The normalized spacial score (nSPS) is 29.2. The summed E-state index contributed by atoms with van der Waals surface area (Å²) in [6.45, 7) is 4.48. The second-order valence-electron chi connectivity index (χ2n) is 4.18. The quantitative estimate of drug-likeness (QED) is 0.524. The van der Waals surface area contributed by atoms with Crippen LogP contribution in [0.25, 0.3) is 0 Å². The van der Waals surface area contributed by atoms with Crippen molar-refractivity contribution in [1.82, 2.24) is 0 Å². The zero-order valence-electron chi connectivity index (χ0n) is 6.73. The molecule has 0 aromatic carbocycles. The minimum Gasteiger partial charge on any atom is -0.380 e. The van der Waals surface area contributed by atoms with E-state index < -0.39 is 0 Å². The lowest BCUT2D eigenvalue weighted by Gasteiger charge is -2.45. The first-order chi connectivity index (χ1) is 4.81. The molecule has 0 amide bonds. The third kappa shape index (κ3) is 1.58. The van der Waals surface area contributed by atoms with Gasteiger partial charge in [0.1, 0.15) is 0 Å². The van der Waals surface area contributed by atoms with E-state index in [2.05, 4.69) is 6.92 Å². The van der Waals surface area contributed by atoms with Gasteiger partial charge in [0, 0.05) is 5.41 Å². The van der Waals surface area contributed by atoms with Crippen molar-refractivity contribution in [1.29, 1.82) is 0 Å². The SMILES string of the molecule is C.CC1CCC2(CC1)COC2. The van der Waals surface area contributed by atoms with Crippen LogP contribution in [0.2, 0.25) is 0 Å². The van der Waals surface area contributed by atoms with Crippen LogP contribution in [0.3, 0.4) is 0 Å². The predicted molar refractivity (Wildman–Crippen MR) is 47.6 cm³/mol. The van der Waals surface area contributed by atoms with Crippen molar-refractivity contribution in [2.75, 3.05) is 13.2 Å². The Kier molecular flexibility index (Phi) is 2.58. The fraction of sp³-hybridized carbons (Fsp3) is 1.00. The van der Waals surface area contributed by atoms with E-state index in [0.717, 1.165) is 19.1 Å². The summed E-state index contributed by atoms with van der Waals surface area (Å²) in [6.07, 6.45) is 5.72. The minimum atomic E-state index is 0. The molecule has 0 aromatic rings. The molecule has 2 aliphatic rings. The standard InChI is InChI=1S/C9H16O.CH4/c1-8-2-4-9(5-3-8)6-10-7-9;/h8H,2-7H2,1H3;1H4. The van der Waals surface area contributed by atoms with Crippen molar-refractivity contribution in [2.24, 2.45) is 11.3 Å². The van der Waals surface area contributed by atoms with Crippen molar-refractivity contribution in [3.63, 3.8) is 0 Å². The molecule has 2 rings (SSSR count). The van der Waals surface area contributed by atoms with E-state index in [1.165, 1.54) is 25.7 Å². The lowest BCUT2D eigenvalue weighted by atomic mass is 9.70. The van der Waals surface area contributed by atoms with E-state index in [-0.39, 0.29) is 7.43 Å². The Morgan fingerprint density at radius 2 is 1.73 bits per heavy atom. The molecule has 1 aliphatic heterocycles. The van der Waals surface area contributed by atoms with E-state index in [4.69, 9.17) is 4.74 Å². The molecule has 2 fully saturated rings. The molecule has 1 saturated heterocycles. The van der Waals surface area contributed by atoms with E-state index in [9.17, 15) is 0 Å². The maximum absolute atomic E-state index is 5.25. The first-order valence-corrected chi connectivity index (χ1v) is 4.39. The number of ether oxygens (including phenoxy) is 1. The molecular formula is C10H20O. The predicted octanol–water partition coefficient (Wildman–Crippen LogP) is 2.85. The molecule has 1 nitrogen and oxygen atoms in total. The molecule has 0 unspecified atom stereocenters. The fourth-order valence-electron chi connectivity index (χ4n) is 2.05. The second-order valence-corrected chi connectivity index (χ2v) is 4.18. The third-order valence-corrected chi connectivity index (χ3v) is 3.15. The highest BCUT2D eigenvalue weighted by Gasteiger charge is 2.40. The largest absolute Gasteiger partial charge is 0.380 e. The fourth-order valence-corrected chi connectivity index (χ4v) is 2.05. The van der Waals surface area contributed by atoms with Crippen molar-refractivity contribution < 1.29 is 4.74 Å². The minimum absolute atomic E-state index is 0. The Labute approximate surface area is 70.1 Å². The molecule has 1 saturated carbocycles. The van der Waals surface area contributed by atoms with Crippen LogP contribution < -0.4 is 0 Å². The summed E-state index contributed by atoms with van der Waals surface area (Å²) in [5, 5.41) is 0. The summed E-state index contributed by atoms with van der Waals surface area (Å²) in [7, 11) is 0. The van der Waals surface area contributed by atoms with Crippen LogP contribution in [0.5, 0.6) is 0 Å². The van der Waals surface area contributed by atoms with Crippen molar-refractivity contribution in [3.05, 3.63) is 0 Å². The molecule has 1 aliphatic carbocycles. The monoisotopic (exact) mass is 156 g/mol. The number of hydrogen-bond acceptors (Lipinski definition) is 1. The van der Waals surface area contributed by atoms with Gasteiger partial charge in [0.2, 0.25) is 0 Å². The van der Waals surface area contributed by atoms with E-state index in [0.29, 0.717) is 5.41 Å². The van der Waals surface area contributed by atoms with Crippen LogP contribution in [-0.2, 0) is 4.74 Å². The van der Waals surface area contributed by atoms with Crippen LogP contribution in [0, 0.1) is 11.3 Å². The zero-order valence-corrected chi connectivity index (χ0v) is 6.73. The molecule has 11 heavy (non-hydrogen) atoms. The van der Waals surface area contributed by atoms with Gasteiger partial charge in [-0.1, -0.05) is 27.2 Å². The third-order valence-electron chi connectivity index (χ3n) is 3.15. The molecule has 66 valence electrons. The van der Waals surface area contributed by atoms with Crippen LogP contribution in [0.15, 0.2) is 0 Å². The molecule has 0 N–H and O–H groups in total. The smallest absolute Gasteiger partial charge is 0.0544 e. The average molecular weight is 156 g/mol. The van der Waals surface area contributed by atoms with Crippen molar-refractivity contribution >= 4 is 0 Å². The first kappa shape index (κ1) is 9.05. The highest BCUT2D eigenvalue weighted by molar-refractivity contribution is 4.89. The summed E-state index contributed by atoms with van der Waals surface area (Å²) < 4.78 is 5.25. The van der Waals surface area contributed by atoms with Gasteiger partial charge in [-0.2, -0.15) is 0 Å². The molecular weight excluding hydrogens is 136 g/mol. The van der Waals surface area contributed by atoms with Crippen molar-refractivity contribution in [2.45, 2.75) is 40.0 Å². The summed E-state index contributed by atoms with van der Waals surface area (Å²) >= 11 is 0. The van der Waals surface area contributed by atoms with Gasteiger partial charge in [-0.25, -0.2) is 0 Å². The van der Waals surface area contributed by atoms with Crippen LogP contribution in [0.1, 0.15) is 40.0 Å². The van der Waals surface area contributed by atoms with Gasteiger partial charge in [-0.05, 0) is 18.8 Å². The summed E-state index contributed by atoms with van der Waals surface area (Å²) in [6, 6.07) is 0. The summed E-state index contributed by atoms with van der Waals surface area (Å²) in [4.78, 5) is 0. The lowest BCUT2D eigenvalue weighted by Crippen LogP contribution is -2.44. The molecule has 0 radical (unpaired) electrons. The highest BCUT2D eigenvalue weighted by atomic mass is 16.5. The van der Waals surface area contributed by atoms with Gasteiger partial charge in [-0.15, -0.1) is 0 Å². The van der Waals surface area contributed by atoms with E-state index in [1.54, 1.807) is 0 Å². The second kappa shape index (κ2) is 3.14. The van der Waals surface area contributed by atoms with Gasteiger partial charge in [0.15, 0.2) is 0 Å². The summed E-state index contributed by atoms with van der Waals surface area (Å²) in [5.41, 5.74) is 0.659. The molecule has 0 bridgehead atoms. The number of rotatable bonds is 0. The zero-order chi connectivity index (χ0) is 7.03. The Hall–Kier alpha value is -0.0400. The van der Waals surface area contributed by atoms with Gasteiger partial charge in [-0.3, -0.25) is 0 Å². The first-order valence-electron chi connectivity index (χ1n) is 4.39. The molecule has 0 aromatic heterocycles. The van der Waals surface area contributed by atoms with Crippen LogP contribution >= 0.6 is 0 Å². The highest BCUT2D eigenvalue weighted by Crippen LogP contribution is 2.43. The van der Waals surface area contributed by atoms with Crippen molar-refractivity contribution in [3.8, 4) is 0 Å². The molecule has 1 heteroatoms. The van der Waals surface area contributed by atoms with Gasteiger partial charge in [0.25, 0.3) is 0 Å². The average Bonchev–Trinajstić information content (AvgIpc) is 1.86. The maximum Gasteiger partial charge on any atom is 0.0544 e. The Bertz CT molecular complexity index is 117. The van der Waals surface area contributed by atoms with Gasteiger partial charge >= 0.3 is 0 Å². The molecule has 1 spiro atoms. The molecule has 0 atom stereocenters. The maximum atomic E-state index is 5.25. The van der Waals surface area contributed by atoms with Gasteiger partial charge in [0.05, 0.1) is 13.2 Å². The Morgan fingerprint density at radius 1 is 1.18 bits per heavy atom. The number of hydrogen-bond donors (Lipinski definition) is 0. The summed E-state index contributed by atoms with van der Waals surface area (Å²) in [5.74, 6) is 0.978.